The Bertz CT molecular complexity index is 181. The van der Waals surface area contributed by atoms with Crippen molar-refractivity contribution >= 4 is 0 Å². The predicted octanol–water partition coefficient (Wildman–Crippen LogP) is 1.96. The topological polar surface area (TPSA) is 15.3 Å². The number of nitrogens with one attached hydrogen (secondary N) is 1. The maximum Gasteiger partial charge on any atom is -0.00187 e. The normalized spacial score (nSPS) is 26.8. The minimum absolute atomic E-state index is 0.913. The third-order valence-corrected chi connectivity index (χ3v) is 4.16. The van der Waals surface area contributed by atoms with Crippen molar-refractivity contribution in [2.24, 2.45) is 17.8 Å². The lowest BCUT2D eigenvalue weighted by atomic mass is 9.97. The molecule has 2 nitrogen and oxygen atoms in total. The molecule has 1 saturated carbocycles. The summed E-state index contributed by atoms with van der Waals surface area (Å²) in [5, 5.41) is 3.67. The molecule has 2 fully saturated rings. The molecule has 1 aliphatic heterocycles. The van der Waals surface area contributed by atoms with Gasteiger partial charge in [0.25, 0.3) is 0 Å². The first-order chi connectivity index (χ1) is 7.25. The first-order valence-electron chi connectivity index (χ1n) is 6.65. The average molecular weight is 210 g/mol. The zero-order valence-electron chi connectivity index (χ0n) is 10.3. The predicted molar refractivity (Wildman–Crippen MR) is 65.0 cm³/mol. The van der Waals surface area contributed by atoms with Gasteiger partial charge in [0.2, 0.25) is 0 Å². The molecule has 2 aliphatic rings. The van der Waals surface area contributed by atoms with Gasteiger partial charge in [-0.1, -0.05) is 6.92 Å². The van der Waals surface area contributed by atoms with Crippen LogP contribution in [0.25, 0.3) is 0 Å². The summed E-state index contributed by atoms with van der Waals surface area (Å²) in [6, 6.07) is 0. The Balaban J connectivity index is 1.53. The highest BCUT2D eigenvalue weighted by Crippen LogP contribution is 2.36. The Hall–Kier alpha value is -0.0800. The van der Waals surface area contributed by atoms with Crippen molar-refractivity contribution in [3.8, 4) is 0 Å². The van der Waals surface area contributed by atoms with Crippen molar-refractivity contribution in [3.63, 3.8) is 0 Å². The van der Waals surface area contributed by atoms with Gasteiger partial charge in [-0.2, -0.15) is 0 Å². The molecular weight excluding hydrogens is 184 g/mol. The number of hydrogen-bond acceptors (Lipinski definition) is 2. The van der Waals surface area contributed by atoms with Crippen molar-refractivity contribution < 1.29 is 0 Å². The molecule has 88 valence electrons. The first-order valence-corrected chi connectivity index (χ1v) is 6.65. The zero-order valence-corrected chi connectivity index (χ0v) is 10.3. The minimum Gasteiger partial charge on any atom is -0.316 e. The standard InChI is InChI=1S/C13H26N2/c1-11(13-3-4-13)9-14-10-12-5-7-15(2)8-6-12/h11-14H,3-10H2,1-2H3. The van der Waals surface area contributed by atoms with E-state index in [0.717, 1.165) is 17.8 Å². The average Bonchev–Trinajstić information content (AvgIpc) is 3.04. The van der Waals surface area contributed by atoms with E-state index in [0.29, 0.717) is 0 Å². The Morgan fingerprint density at radius 1 is 1.20 bits per heavy atom. The van der Waals surface area contributed by atoms with E-state index in [-0.39, 0.29) is 0 Å². The van der Waals surface area contributed by atoms with Gasteiger partial charge in [-0.05, 0) is 76.7 Å². The summed E-state index contributed by atoms with van der Waals surface area (Å²) in [4.78, 5) is 2.45. The van der Waals surface area contributed by atoms with E-state index in [9.17, 15) is 0 Å². The van der Waals surface area contributed by atoms with Crippen molar-refractivity contribution in [2.45, 2.75) is 32.6 Å². The van der Waals surface area contributed by atoms with Crippen molar-refractivity contribution in [1.29, 1.82) is 0 Å². The van der Waals surface area contributed by atoms with Gasteiger partial charge in [0.05, 0.1) is 0 Å². The third kappa shape index (κ3) is 3.76. The second-order valence-corrected chi connectivity index (χ2v) is 5.72. The largest absolute Gasteiger partial charge is 0.316 e. The second kappa shape index (κ2) is 5.31. The highest BCUT2D eigenvalue weighted by Gasteiger charge is 2.27. The van der Waals surface area contributed by atoms with Crippen LogP contribution in [0.15, 0.2) is 0 Å². The Labute approximate surface area is 94.4 Å². The molecule has 1 unspecified atom stereocenters. The fraction of sp³-hybridized carbons (Fsp3) is 1.00. The van der Waals surface area contributed by atoms with Gasteiger partial charge in [-0.3, -0.25) is 0 Å². The molecule has 2 heteroatoms. The quantitative estimate of drug-likeness (QED) is 0.746. The molecule has 0 amide bonds. The van der Waals surface area contributed by atoms with Crippen LogP contribution in [-0.2, 0) is 0 Å². The van der Waals surface area contributed by atoms with Gasteiger partial charge in [0.1, 0.15) is 0 Å². The van der Waals surface area contributed by atoms with Crippen LogP contribution in [0.2, 0.25) is 0 Å². The number of nitrogens with zero attached hydrogens (tertiary/aromatic N) is 1. The van der Waals surface area contributed by atoms with Crippen LogP contribution in [0.3, 0.4) is 0 Å². The molecule has 2 rings (SSSR count). The molecule has 1 heterocycles. The van der Waals surface area contributed by atoms with Crippen LogP contribution in [0.1, 0.15) is 32.6 Å². The van der Waals surface area contributed by atoms with Crippen LogP contribution in [-0.4, -0.2) is 38.1 Å². The summed E-state index contributed by atoms with van der Waals surface area (Å²) < 4.78 is 0. The van der Waals surface area contributed by atoms with Gasteiger partial charge in [-0.25, -0.2) is 0 Å². The molecular formula is C13H26N2. The van der Waals surface area contributed by atoms with Crippen molar-refractivity contribution in [1.82, 2.24) is 10.2 Å². The van der Waals surface area contributed by atoms with E-state index in [4.69, 9.17) is 0 Å². The lowest BCUT2D eigenvalue weighted by Crippen LogP contribution is -2.36. The zero-order chi connectivity index (χ0) is 10.7. The molecule has 0 aromatic rings. The van der Waals surface area contributed by atoms with E-state index >= 15 is 0 Å². The molecule has 1 saturated heterocycles. The third-order valence-electron chi connectivity index (χ3n) is 4.16. The summed E-state index contributed by atoms with van der Waals surface area (Å²) in [5.41, 5.74) is 0. The van der Waals surface area contributed by atoms with Gasteiger partial charge < -0.3 is 10.2 Å². The van der Waals surface area contributed by atoms with E-state index in [1.54, 1.807) is 0 Å². The molecule has 1 atom stereocenters. The maximum absolute atomic E-state index is 3.67. The molecule has 0 radical (unpaired) electrons. The van der Waals surface area contributed by atoms with Crippen LogP contribution < -0.4 is 5.32 Å². The lowest BCUT2D eigenvalue weighted by molar-refractivity contribution is 0.214. The SMILES string of the molecule is CC(CNCC1CCN(C)CC1)C1CC1. The number of hydrogen-bond donors (Lipinski definition) is 1. The Morgan fingerprint density at radius 3 is 2.47 bits per heavy atom. The molecule has 15 heavy (non-hydrogen) atoms. The first kappa shape index (κ1) is 11.4. The summed E-state index contributed by atoms with van der Waals surface area (Å²) >= 11 is 0. The molecule has 1 aliphatic carbocycles. The van der Waals surface area contributed by atoms with Gasteiger partial charge >= 0.3 is 0 Å². The van der Waals surface area contributed by atoms with Crippen molar-refractivity contribution in [3.05, 3.63) is 0 Å². The summed E-state index contributed by atoms with van der Waals surface area (Å²) in [5.74, 6) is 2.90. The number of likely N-dealkylation sites (tertiary alicyclic amines) is 1. The van der Waals surface area contributed by atoms with E-state index in [1.807, 2.05) is 0 Å². The summed E-state index contributed by atoms with van der Waals surface area (Å²) in [6.07, 6.45) is 5.75. The molecule has 1 N–H and O–H groups in total. The fourth-order valence-electron chi connectivity index (χ4n) is 2.61. The van der Waals surface area contributed by atoms with Gasteiger partial charge in [0.15, 0.2) is 0 Å². The van der Waals surface area contributed by atoms with E-state index in [1.165, 1.54) is 51.9 Å². The maximum atomic E-state index is 3.67. The van der Waals surface area contributed by atoms with Gasteiger partial charge in [0, 0.05) is 0 Å². The molecule has 0 bridgehead atoms. The molecule has 0 aromatic carbocycles. The monoisotopic (exact) mass is 210 g/mol. The van der Waals surface area contributed by atoms with Gasteiger partial charge in [-0.15, -0.1) is 0 Å². The molecule has 0 aromatic heterocycles. The van der Waals surface area contributed by atoms with E-state index in [2.05, 4.69) is 24.2 Å². The van der Waals surface area contributed by atoms with Crippen LogP contribution >= 0.6 is 0 Å². The lowest BCUT2D eigenvalue weighted by Gasteiger charge is -2.29. The fourth-order valence-corrected chi connectivity index (χ4v) is 2.61. The highest BCUT2D eigenvalue weighted by atomic mass is 15.1. The number of rotatable bonds is 5. The Morgan fingerprint density at radius 2 is 1.87 bits per heavy atom. The summed E-state index contributed by atoms with van der Waals surface area (Å²) in [7, 11) is 2.23. The highest BCUT2D eigenvalue weighted by molar-refractivity contribution is 4.80. The summed E-state index contributed by atoms with van der Waals surface area (Å²) in [6.45, 7) is 7.50. The second-order valence-electron chi connectivity index (χ2n) is 5.72. The Kier molecular flexibility index (Phi) is 4.04. The number of piperidine rings is 1. The van der Waals surface area contributed by atoms with Crippen molar-refractivity contribution in [2.75, 3.05) is 33.2 Å². The smallest absolute Gasteiger partial charge is 0.00187 e. The minimum atomic E-state index is 0.913. The van der Waals surface area contributed by atoms with Crippen LogP contribution in [0.4, 0.5) is 0 Å². The van der Waals surface area contributed by atoms with E-state index < -0.39 is 0 Å². The van der Waals surface area contributed by atoms with Crippen LogP contribution in [0.5, 0.6) is 0 Å². The van der Waals surface area contributed by atoms with Crippen LogP contribution in [0, 0.1) is 17.8 Å². The molecule has 0 spiro atoms.